The van der Waals surface area contributed by atoms with E-state index in [0.29, 0.717) is 22.9 Å². The number of benzene rings is 1. The van der Waals surface area contributed by atoms with Gasteiger partial charge in [0, 0.05) is 18.0 Å². The van der Waals surface area contributed by atoms with E-state index in [1.807, 2.05) is 12.1 Å². The standard InChI is InChI=1S/C16H15N3O2S/c1-3-6-18-15(20)10-22-16-12(9-17)7-11-4-5-13(21-2)8-14(11)19-16/h3-5,7-8H,1,6,10H2,2H3,(H,18,20). The average molecular weight is 313 g/mol. The maximum absolute atomic E-state index is 11.6. The summed E-state index contributed by atoms with van der Waals surface area (Å²) in [5.74, 6) is 0.774. The number of rotatable bonds is 6. The summed E-state index contributed by atoms with van der Waals surface area (Å²) in [6.45, 7) is 3.96. The molecule has 0 unspecified atom stereocenters. The summed E-state index contributed by atoms with van der Waals surface area (Å²) in [5.41, 5.74) is 1.19. The lowest BCUT2D eigenvalue weighted by atomic mass is 10.1. The van der Waals surface area contributed by atoms with Crippen molar-refractivity contribution in [3.63, 3.8) is 0 Å². The van der Waals surface area contributed by atoms with Crippen LogP contribution >= 0.6 is 11.8 Å². The van der Waals surface area contributed by atoms with E-state index < -0.39 is 0 Å². The van der Waals surface area contributed by atoms with E-state index in [1.54, 1.807) is 25.3 Å². The lowest BCUT2D eigenvalue weighted by Crippen LogP contribution is -2.25. The van der Waals surface area contributed by atoms with Gasteiger partial charge in [-0.1, -0.05) is 17.8 Å². The zero-order chi connectivity index (χ0) is 15.9. The first-order valence-corrected chi connectivity index (χ1v) is 7.55. The number of aromatic nitrogens is 1. The van der Waals surface area contributed by atoms with Gasteiger partial charge in [0.2, 0.25) is 5.91 Å². The Morgan fingerprint density at radius 2 is 2.36 bits per heavy atom. The summed E-state index contributed by atoms with van der Waals surface area (Å²) in [4.78, 5) is 16.1. The van der Waals surface area contributed by atoms with Crippen LogP contribution in [0.3, 0.4) is 0 Å². The SMILES string of the molecule is C=CCNC(=O)CSc1nc2cc(OC)ccc2cc1C#N. The summed E-state index contributed by atoms with van der Waals surface area (Å²) in [5, 5.41) is 13.3. The first-order valence-electron chi connectivity index (χ1n) is 6.57. The number of carbonyl (C=O) groups is 1. The molecule has 0 spiro atoms. The Labute approximate surface area is 133 Å². The number of fused-ring (bicyclic) bond motifs is 1. The molecule has 1 aromatic carbocycles. The van der Waals surface area contributed by atoms with Crippen LogP contribution in [0.1, 0.15) is 5.56 Å². The molecule has 112 valence electrons. The summed E-state index contributed by atoms with van der Waals surface area (Å²) in [6, 6.07) is 9.37. The normalized spacial score (nSPS) is 10.0. The second-order valence-electron chi connectivity index (χ2n) is 4.39. The largest absolute Gasteiger partial charge is 0.497 e. The third-order valence-electron chi connectivity index (χ3n) is 2.89. The number of hydrogen-bond donors (Lipinski definition) is 1. The Morgan fingerprint density at radius 3 is 3.05 bits per heavy atom. The molecule has 1 amide bonds. The van der Waals surface area contributed by atoms with Crippen LogP contribution in [0.4, 0.5) is 0 Å². The third kappa shape index (κ3) is 3.77. The van der Waals surface area contributed by atoms with Gasteiger partial charge in [0.15, 0.2) is 0 Å². The number of hydrogen-bond acceptors (Lipinski definition) is 5. The Balaban J connectivity index is 2.25. The summed E-state index contributed by atoms with van der Waals surface area (Å²) in [7, 11) is 1.59. The maximum Gasteiger partial charge on any atom is 0.230 e. The predicted molar refractivity (Wildman–Crippen MR) is 86.9 cm³/mol. The predicted octanol–water partition coefficient (Wildman–Crippen LogP) is 2.51. The minimum absolute atomic E-state index is 0.124. The lowest BCUT2D eigenvalue weighted by Gasteiger charge is -2.07. The number of nitriles is 1. The summed E-state index contributed by atoms with van der Waals surface area (Å²) >= 11 is 1.24. The molecule has 22 heavy (non-hydrogen) atoms. The van der Waals surface area contributed by atoms with E-state index in [4.69, 9.17) is 4.74 Å². The van der Waals surface area contributed by atoms with Crippen LogP contribution in [0.25, 0.3) is 10.9 Å². The van der Waals surface area contributed by atoms with Crippen molar-refractivity contribution in [2.75, 3.05) is 19.4 Å². The molecule has 5 nitrogen and oxygen atoms in total. The monoisotopic (exact) mass is 313 g/mol. The molecule has 1 heterocycles. The highest BCUT2D eigenvalue weighted by molar-refractivity contribution is 8.00. The van der Waals surface area contributed by atoms with E-state index in [9.17, 15) is 10.1 Å². The van der Waals surface area contributed by atoms with Gasteiger partial charge >= 0.3 is 0 Å². The zero-order valence-electron chi connectivity index (χ0n) is 12.1. The quantitative estimate of drug-likeness (QED) is 0.655. The third-order valence-corrected chi connectivity index (χ3v) is 3.89. The van der Waals surface area contributed by atoms with Gasteiger partial charge in [0.05, 0.1) is 23.9 Å². The molecule has 2 aromatic rings. The molecule has 6 heteroatoms. The fraction of sp³-hybridized carbons (Fsp3) is 0.188. The summed E-state index contributed by atoms with van der Waals surface area (Å²) < 4.78 is 5.18. The second-order valence-corrected chi connectivity index (χ2v) is 5.36. The van der Waals surface area contributed by atoms with Crippen molar-refractivity contribution in [2.45, 2.75) is 5.03 Å². The van der Waals surface area contributed by atoms with E-state index in [0.717, 1.165) is 10.9 Å². The van der Waals surface area contributed by atoms with Gasteiger partial charge in [-0.3, -0.25) is 4.79 Å². The van der Waals surface area contributed by atoms with Gasteiger partial charge in [-0.05, 0) is 18.2 Å². The molecule has 0 aliphatic carbocycles. The highest BCUT2D eigenvalue weighted by atomic mass is 32.2. The highest BCUT2D eigenvalue weighted by Crippen LogP contribution is 2.26. The van der Waals surface area contributed by atoms with Gasteiger partial charge in [-0.15, -0.1) is 6.58 Å². The van der Waals surface area contributed by atoms with E-state index in [1.165, 1.54) is 11.8 Å². The van der Waals surface area contributed by atoms with Crippen LogP contribution in [0.15, 0.2) is 41.9 Å². The fourth-order valence-electron chi connectivity index (χ4n) is 1.82. The Morgan fingerprint density at radius 1 is 1.55 bits per heavy atom. The van der Waals surface area contributed by atoms with Crippen LogP contribution in [-0.2, 0) is 4.79 Å². The van der Waals surface area contributed by atoms with E-state index in [-0.39, 0.29) is 11.7 Å². The van der Waals surface area contributed by atoms with Crippen LogP contribution in [0.2, 0.25) is 0 Å². The Bertz CT molecular complexity index is 753. The molecular weight excluding hydrogens is 298 g/mol. The van der Waals surface area contributed by atoms with Crippen molar-refractivity contribution < 1.29 is 9.53 Å². The molecule has 0 atom stereocenters. The minimum Gasteiger partial charge on any atom is -0.497 e. The molecule has 0 bridgehead atoms. The van der Waals surface area contributed by atoms with Gasteiger partial charge < -0.3 is 10.1 Å². The number of nitrogens with one attached hydrogen (secondary N) is 1. The first kappa shape index (κ1) is 15.9. The van der Waals surface area contributed by atoms with Gasteiger partial charge in [-0.25, -0.2) is 4.98 Å². The number of carbonyl (C=O) groups excluding carboxylic acids is 1. The molecular formula is C16H15N3O2S. The number of methoxy groups -OCH3 is 1. The van der Waals surface area contributed by atoms with Crippen molar-refractivity contribution >= 4 is 28.6 Å². The van der Waals surface area contributed by atoms with Crippen LogP contribution in [0, 0.1) is 11.3 Å². The van der Waals surface area contributed by atoms with Crippen molar-refractivity contribution in [1.29, 1.82) is 5.26 Å². The number of nitrogens with zero attached hydrogens (tertiary/aromatic N) is 2. The van der Waals surface area contributed by atoms with Gasteiger partial charge in [0.1, 0.15) is 16.8 Å². The van der Waals surface area contributed by atoms with Crippen molar-refractivity contribution in [1.82, 2.24) is 10.3 Å². The smallest absolute Gasteiger partial charge is 0.230 e. The van der Waals surface area contributed by atoms with Crippen molar-refractivity contribution in [3.8, 4) is 11.8 Å². The van der Waals surface area contributed by atoms with E-state index >= 15 is 0 Å². The van der Waals surface area contributed by atoms with Crippen LogP contribution in [-0.4, -0.2) is 30.3 Å². The molecule has 0 saturated heterocycles. The van der Waals surface area contributed by atoms with Gasteiger partial charge in [0.25, 0.3) is 0 Å². The van der Waals surface area contributed by atoms with Crippen LogP contribution < -0.4 is 10.1 Å². The second kappa shape index (κ2) is 7.48. The lowest BCUT2D eigenvalue weighted by molar-refractivity contribution is -0.118. The van der Waals surface area contributed by atoms with Crippen LogP contribution in [0.5, 0.6) is 5.75 Å². The molecule has 2 rings (SSSR count). The Hall–Kier alpha value is -2.52. The number of amides is 1. The number of pyridine rings is 1. The summed E-state index contributed by atoms with van der Waals surface area (Å²) in [6.07, 6.45) is 1.61. The zero-order valence-corrected chi connectivity index (χ0v) is 12.9. The molecule has 0 aliphatic heterocycles. The molecule has 0 saturated carbocycles. The molecule has 0 fully saturated rings. The molecule has 1 N–H and O–H groups in total. The van der Waals surface area contributed by atoms with E-state index in [2.05, 4.69) is 22.9 Å². The van der Waals surface area contributed by atoms with Gasteiger partial charge in [-0.2, -0.15) is 5.26 Å². The Kier molecular flexibility index (Phi) is 5.39. The number of ether oxygens (including phenoxy) is 1. The topological polar surface area (TPSA) is 75.0 Å². The minimum atomic E-state index is -0.124. The molecule has 0 radical (unpaired) electrons. The van der Waals surface area contributed by atoms with Crippen molar-refractivity contribution in [2.24, 2.45) is 0 Å². The van der Waals surface area contributed by atoms with Crippen molar-refractivity contribution in [3.05, 3.63) is 42.5 Å². The number of thioether (sulfide) groups is 1. The highest BCUT2D eigenvalue weighted by Gasteiger charge is 2.10. The fourth-order valence-corrected chi connectivity index (χ4v) is 2.61. The maximum atomic E-state index is 11.6. The average Bonchev–Trinajstić information content (AvgIpc) is 2.56. The first-order chi connectivity index (χ1) is 10.7. The molecule has 1 aromatic heterocycles. The molecule has 0 aliphatic rings.